The second kappa shape index (κ2) is 5.69. The van der Waals surface area contributed by atoms with Gasteiger partial charge in [0, 0.05) is 13.0 Å². The van der Waals surface area contributed by atoms with E-state index in [1.165, 1.54) is 16.9 Å². The molecule has 106 valence electrons. The maximum Gasteiger partial charge on any atom is 0.258 e. The zero-order valence-corrected chi connectivity index (χ0v) is 11.5. The normalized spacial score (nSPS) is 28.7. The van der Waals surface area contributed by atoms with E-state index in [1.54, 1.807) is 7.05 Å². The van der Waals surface area contributed by atoms with Gasteiger partial charge in [0.1, 0.15) is 6.04 Å². The highest BCUT2D eigenvalue weighted by Crippen LogP contribution is 2.24. The molecular formula is C13H21N3O3. The van der Waals surface area contributed by atoms with Crippen molar-refractivity contribution in [1.82, 2.24) is 15.3 Å². The summed E-state index contributed by atoms with van der Waals surface area (Å²) in [6, 6.07) is -0.797. The van der Waals surface area contributed by atoms with Crippen molar-refractivity contribution >= 4 is 17.6 Å². The molecule has 2 aliphatic heterocycles. The lowest BCUT2D eigenvalue weighted by Crippen LogP contribution is -2.64. The zero-order valence-electron chi connectivity index (χ0n) is 11.5. The summed E-state index contributed by atoms with van der Waals surface area (Å²) in [5, 5.41) is 5.89. The number of Topliss-reactive ketones (excluding diaryl/α,β-unsaturated/α-hetero) is 1. The summed E-state index contributed by atoms with van der Waals surface area (Å²) in [5.41, 5.74) is 0. The Hall–Kier alpha value is -1.43. The Morgan fingerprint density at radius 3 is 2.63 bits per heavy atom. The van der Waals surface area contributed by atoms with Crippen LogP contribution in [0.25, 0.3) is 0 Å². The van der Waals surface area contributed by atoms with E-state index in [4.69, 9.17) is 0 Å². The minimum atomic E-state index is -0.487. The lowest BCUT2D eigenvalue weighted by Gasteiger charge is -2.45. The van der Waals surface area contributed by atoms with Gasteiger partial charge in [0.05, 0.1) is 6.04 Å². The van der Waals surface area contributed by atoms with Crippen molar-refractivity contribution in [2.75, 3.05) is 13.6 Å². The smallest absolute Gasteiger partial charge is 0.258 e. The highest BCUT2D eigenvalue weighted by atomic mass is 16.2. The van der Waals surface area contributed by atoms with Gasteiger partial charge in [-0.15, -0.1) is 0 Å². The molecule has 0 saturated carbocycles. The van der Waals surface area contributed by atoms with E-state index in [9.17, 15) is 14.4 Å². The van der Waals surface area contributed by atoms with Crippen molar-refractivity contribution in [3.63, 3.8) is 0 Å². The van der Waals surface area contributed by atoms with Crippen molar-refractivity contribution < 1.29 is 14.4 Å². The molecule has 0 aromatic rings. The summed E-state index contributed by atoms with van der Waals surface area (Å²) >= 11 is 0. The molecule has 2 amide bonds. The second-order valence-corrected chi connectivity index (χ2v) is 5.20. The number of carbonyl (C=O) groups is 3. The van der Waals surface area contributed by atoms with Gasteiger partial charge in [0.25, 0.3) is 5.91 Å². The van der Waals surface area contributed by atoms with Crippen LogP contribution in [0.5, 0.6) is 0 Å². The fourth-order valence-corrected chi connectivity index (χ4v) is 2.86. The van der Waals surface area contributed by atoms with E-state index in [2.05, 4.69) is 5.32 Å². The maximum absolute atomic E-state index is 12.5. The Labute approximate surface area is 113 Å². The van der Waals surface area contributed by atoms with Crippen LogP contribution < -0.4 is 5.32 Å². The van der Waals surface area contributed by atoms with Gasteiger partial charge in [-0.25, -0.2) is 5.01 Å². The molecule has 2 fully saturated rings. The van der Waals surface area contributed by atoms with Crippen LogP contribution in [0.15, 0.2) is 0 Å². The number of amides is 2. The summed E-state index contributed by atoms with van der Waals surface area (Å²) in [4.78, 5) is 36.4. The Morgan fingerprint density at radius 2 is 2.00 bits per heavy atom. The van der Waals surface area contributed by atoms with E-state index in [0.717, 1.165) is 6.42 Å². The minimum Gasteiger partial charge on any atom is -0.309 e. The molecule has 0 spiro atoms. The van der Waals surface area contributed by atoms with Crippen LogP contribution in [-0.2, 0) is 14.4 Å². The molecule has 2 heterocycles. The van der Waals surface area contributed by atoms with E-state index in [0.29, 0.717) is 32.2 Å². The van der Waals surface area contributed by atoms with Gasteiger partial charge < -0.3 is 5.32 Å². The average Bonchev–Trinajstić information content (AvgIpc) is 2.40. The van der Waals surface area contributed by atoms with E-state index in [-0.39, 0.29) is 23.6 Å². The number of hydrogen-bond acceptors (Lipinski definition) is 4. The predicted octanol–water partition coefficient (Wildman–Crippen LogP) is 0.0819. The number of rotatable bonds is 2. The molecule has 1 N–H and O–H groups in total. The molecule has 2 saturated heterocycles. The molecule has 6 nitrogen and oxygen atoms in total. The molecular weight excluding hydrogens is 246 g/mol. The van der Waals surface area contributed by atoms with Gasteiger partial charge in [-0.05, 0) is 39.7 Å². The Morgan fingerprint density at radius 1 is 1.26 bits per heavy atom. The largest absolute Gasteiger partial charge is 0.309 e. The third-order valence-corrected chi connectivity index (χ3v) is 3.92. The molecule has 19 heavy (non-hydrogen) atoms. The Balaban J connectivity index is 2.33. The van der Waals surface area contributed by atoms with Crippen LogP contribution in [-0.4, -0.2) is 53.3 Å². The highest BCUT2D eigenvalue weighted by molar-refractivity contribution is 5.92. The lowest BCUT2D eigenvalue weighted by molar-refractivity contribution is -0.180. The van der Waals surface area contributed by atoms with Gasteiger partial charge in [0.15, 0.2) is 5.78 Å². The third kappa shape index (κ3) is 2.63. The molecule has 6 heteroatoms. The number of likely N-dealkylation sites (N-methyl/N-ethyl adjacent to an activating group) is 1. The van der Waals surface area contributed by atoms with Crippen LogP contribution in [0.3, 0.4) is 0 Å². The van der Waals surface area contributed by atoms with Gasteiger partial charge in [0.2, 0.25) is 5.91 Å². The minimum absolute atomic E-state index is 0.0474. The lowest BCUT2D eigenvalue weighted by atomic mass is 9.99. The molecule has 0 aromatic carbocycles. The summed E-state index contributed by atoms with van der Waals surface area (Å²) in [6.07, 6.45) is 3.18. The molecule has 2 aliphatic rings. The number of ketones is 1. The van der Waals surface area contributed by atoms with Crippen molar-refractivity contribution in [2.45, 2.75) is 51.1 Å². The van der Waals surface area contributed by atoms with Crippen LogP contribution in [0.1, 0.15) is 39.0 Å². The molecule has 2 atom stereocenters. The van der Waals surface area contributed by atoms with Gasteiger partial charge in [-0.3, -0.25) is 19.4 Å². The third-order valence-electron chi connectivity index (χ3n) is 3.92. The van der Waals surface area contributed by atoms with Crippen LogP contribution in [0, 0.1) is 0 Å². The van der Waals surface area contributed by atoms with Crippen molar-refractivity contribution in [3.05, 3.63) is 0 Å². The Bertz CT molecular complexity index is 397. The number of fused-ring (bicyclic) bond motifs is 1. The fourth-order valence-electron chi connectivity index (χ4n) is 2.86. The first-order valence-corrected chi connectivity index (χ1v) is 6.87. The number of nitrogens with one attached hydrogen (secondary N) is 1. The molecule has 0 aromatic heterocycles. The van der Waals surface area contributed by atoms with Crippen LogP contribution in [0.4, 0.5) is 0 Å². The molecule has 0 aliphatic carbocycles. The first-order chi connectivity index (χ1) is 9.06. The Kier molecular flexibility index (Phi) is 4.19. The van der Waals surface area contributed by atoms with E-state index in [1.807, 2.05) is 0 Å². The molecule has 2 unspecified atom stereocenters. The second-order valence-electron chi connectivity index (χ2n) is 5.20. The summed E-state index contributed by atoms with van der Waals surface area (Å²) < 4.78 is 0. The highest BCUT2D eigenvalue weighted by Gasteiger charge is 2.41. The predicted molar refractivity (Wildman–Crippen MR) is 69.0 cm³/mol. The molecule has 2 rings (SSSR count). The molecule has 0 radical (unpaired) electrons. The van der Waals surface area contributed by atoms with E-state index >= 15 is 0 Å². The van der Waals surface area contributed by atoms with Gasteiger partial charge in [-0.2, -0.15) is 0 Å². The van der Waals surface area contributed by atoms with E-state index < -0.39 is 6.04 Å². The van der Waals surface area contributed by atoms with Crippen molar-refractivity contribution in [1.29, 1.82) is 0 Å². The summed E-state index contributed by atoms with van der Waals surface area (Å²) in [5.74, 6) is -0.259. The standard InChI is InChI=1S/C13H21N3O3/c1-9(17)11-6-4-8-15-12(18)7-3-5-10(14-2)13(19)16(11)15/h10-11,14H,3-8H2,1-2H3. The quantitative estimate of drug-likeness (QED) is 0.769. The number of hydrogen-bond donors (Lipinski definition) is 1. The fraction of sp³-hybridized carbons (Fsp3) is 0.769. The first kappa shape index (κ1) is 14.0. The monoisotopic (exact) mass is 267 g/mol. The molecule has 0 bridgehead atoms. The van der Waals surface area contributed by atoms with Crippen LogP contribution >= 0.6 is 0 Å². The topological polar surface area (TPSA) is 69.7 Å². The summed E-state index contributed by atoms with van der Waals surface area (Å²) in [7, 11) is 1.74. The zero-order chi connectivity index (χ0) is 14.0. The number of carbonyl (C=O) groups excluding carboxylic acids is 3. The number of hydrazine groups is 1. The summed E-state index contributed by atoms with van der Waals surface area (Å²) in [6.45, 7) is 2.02. The van der Waals surface area contributed by atoms with Crippen LogP contribution in [0.2, 0.25) is 0 Å². The van der Waals surface area contributed by atoms with Crippen molar-refractivity contribution in [3.8, 4) is 0 Å². The van der Waals surface area contributed by atoms with Gasteiger partial charge in [-0.1, -0.05) is 0 Å². The van der Waals surface area contributed by atoms with Gasteiger partial charge >= 0.3 is 0 Å². The maximum atomic E-state index is 12.5. The average molecular weight is 267 g/mol. The van der Waals surface area contributed by atoms with Crippen molar-refractivity contribution in [2.24, 2.45) is 0 Å². The SMILES string of the molecule is CNC1CCCC(=O)N2CCCC(C(C)=O)N2C1=O. The number of nitrogens with zero attached hydrogens (tertiary/aromatic N) is 2. The first-order valence-electron chi connectivity index (χ1n) is 6.87.